The van der Waals surface area contributed by atoms with Crippen LogP contribution in [0.1, 0.15) is 5.56 Å². The van der Waals surface area contributed by atoms with Gasteiger partial charge in [0.1, 0.15) is 12.4 Å². The summed E-state index contributed by atoms with van der Waals surface area (Å²) in [5.74, 6) is -0.346. The Morgan fingerprint density at radius 2 is 1.88 bits per heavy atom. The van der Waals surface area contributed by atoms with Crippen molar-refractivity contribution in [3.8, 4) is 17.5 Å². The molecule has 0 spiro atoms. The van der Waals surface area contributed by atoms with Crippen LogP contribution in [0.2, 0.25) is 0 Å². The van der Waals surface area contributed by atoms with E-state index in [-0.39, 0.29) is 18.3 Å². The van der Waals surface area contributed by atoms with Crippen LogP contribution in [-0.2, 0) is 17.8 Å². The van der Waals surface area contributed by atoms with E-state index in [4.69, 9.17) is 5.26 Å². The minimum absolute atomic E-state index is 0.103. The number of halogens is 1. The van der Waals surface area contributed by atoms with Crippen LogP contribution in [0.25, 0.3) is 11.4 Å². The average Bonchev–Trinajstić information content (AvgIpc) is 3.06. The molecule has 1 amide bonds. The Balaban J connectivity index is 1.61. The highest BCUT2D eigenvalue weighted by Gasteiger charge is 2.10. The van der Waals surface area contributed by atoms with E-state index < -0.39 is 0 Å². The largest absolute Gasteiger partial charge is 0.324 e. The molecule has 0 saturated carbocycles. The van der Waals surface area contributed by atoms with Crippen molar-refractivity contribution in [3.05, 3.63) is 59.9 Å². The first-order valence-corrected chi connectivity index (χ1v) is 7.43. The SMILES string of the molecule is N#CCc1ccc(NC(=O)Cn2nnc(-c3ccc(F)cc3)n2)cc1. The summed E-state index contributed by atoms with van der Waals surface area (Å²) in [6.45, 7) is -0.103. The Bertz CT molecular complexity index is 912. The number of nitrogens with zero attached hydrogens (tertiary/aromatic N) is 5. The van der Waals surface area contributed by atoms with Crippen molar-refractivity contribution in [2.45, 2.75) is 13.0 Å². The van der Waals surface area contributed by atoms with E-state index in [1.165, 1.54) is 12.1 Å². The maximum absolute atomic E-state index is 12.9. The van der Waals surface area contributed by atoms with E-state index in [0.717, 1.165) is 10.4 Å². The lowest BCUT2D eigenvalue weighted by molar-refractivity contribution is -0.117. The van der Waals surface area contributed by atoms with Crippen LogP contribution in [-0.4, -0.2) is 26.1 Å². The van der Waals surface area contributed by atoms with Gasteiger partial charge in [-0.1, -0.05) is 12.1 Å². The fourth-order valence-corrected chi connectivity index (χ4v) is 2.15. The number of aromatic nitrogens is 4. The molecule has 0 aliphatic carbocycles. The van der Waals surface area contributed by atoms with E-state index in [1.807, 2.05) is 0 Å². The first-order chi connectivity index (χ1) is 12.1. The number of rotatable bonds is 5. The lowest BCUT2D eigenvalue weighted by Crippen LogP contribution is -2.20. The number of nitriles is 1. The molecule has 0 bridgehead atoms. The summed E-state index contributed by atoms with van der Waals surface area (Å²) in [6.07, 6.45) is 0.323. The fourth-order valence-electron chi connectivity index (χ4n) is 2.15. The predicted molar refractivity (Wildman–Crippen MR) is 87.6 cm³/mol. The number of benzene rings is 2. The summed E-state index contributed by atoms with van der Waals surface area (Å²) in [4.78, 5) is 13.2. The number of tetrazole rings is 1. The van der Waals surface area contributed by atoms with E-state index in [2.05, 4.69) is 26.8 Å². The molecule has 3 aromatic rings. The van der Waals surface area contributed by atoms with Crippen LogP contribution in [0.3, 0.4) is 0 Å². The Labute approximate surface area is 142 Å². The molecule has 8 heteroatoms. The van der Waals surface area contributed by atoms with Gasteiger partial charge < -0.3 is 5.32 Å². The normalized spacial score (nSPS) is 10.2. The lowest BCUT2D eigenvalue weighted by Gasteiger charge is -2.04. The molecular weight excluding hydrogens is 323 g/mol. The first-order valence-electron chi connectivity index (χ1n) is 7.43. The average molecular weight is 336 g/mol. The van der Waals surface area contributed by atoms with Crippen LogP contribution in [0.5, 0.6) is 0 Å². The monoisotopic (exact) mass is 336 g/mol. The van der Waals surface area contributed by atoms with Gasteiger partial charge in [-0.25, -0.2) is 4.39 Å². The lowest BCUT2D eigenvalue weighted by atomic mass is 10.1. The van der Waals surface area contributed by atoms with Crippen LogP contribution in [0, 0.1) is 17.1 Å². The van der Waals surface area contributed by atoms with Gasteiger partial charge in [0.15, 0.2) is 0 Å². The van der Waals surface area contributed by atoms with Gasteiger partial charge in [0.25, 0.3) is 0 Å². The molecule has 124 valence electrons. The van der Waals surface area contributed by atoms with E-state index in [9.17, 15) is 9.18 Å². The quantitative estimate of drug-likeness (QED) is 0.770. The molecule has 0 radical (unpaired) electrons. The third-order valence-corrected chi connectivity index (χ3v) is 3.36. The summed E-state index contributed by atoms with van der Waals surface area (Å²) >= 11 is 0. The van der Waals surface area contributed by atoms with Gasteiger partial charge >= 0.3 is 0 Å². The molecule has 3 rings (SSSR count). The second-order valence-electron chi connectivity index (χ2n) is 5.23. The van der Waals surface area contributed by atoms with E-state index in [0.29, 0.717) is 23.5 Å². The summed E-state index contributed by atoms with van der Waals surface area (Å²) in [6, 6.07) is 14.8. The number of amides is 1. The summed E-state index contributed by atoms with van der Waals surface area (Å²) in [5, 5.41) is 23.1. The number of carbonyl (C=O) groups excluding carboxylic acids is 1. The molecule has 1 aromatic heterocycles. The molecule has 1 N–H and O–H groups in total. The van der Waals surface area contributed by atoms with Gasteiger partial charge in [0.2, 0.25) is 11.7 Å². The van der Waals surface area contributed by atoms with Crippen molar-refractivity contribution in [1.29, 1.82) is 5.26 Å². The first kappa shape index (κ1) is 16.3. The third-order valence-electron chi connectivity index (χ3n) is 3.36. The Kier molecular flexibility index (Phi) is 4.76. The van der Waals surface area contributed by atoms with Crippen molar-refractivity contribution in [2.24, 2.45) is 0 Å². The third kappa shape index (κ3) is 4.23. The Hall–Kier alpha value is -3.60. The molecule has 0 saturated heterocycles. The number of carbonyl (C=O) groups is 1. The summed E-state index contributed by atoms with van der Waals surface area (Å²) in [7, 11) is 0. The van der Waals surface area contributed by atoms with Gasteiger partial charge in [0.05, 0.1) is 12.5 Å². The Morgan fingerprint density at radius 3 is 2.56 bits per heavy atom. The number of anilines is 1. The molecule has 2 aromatic carbocycles. The fraction of sp³-hybridized carbons (Fsp3) is 0.118. The second kappa shape index (κ2) is 7.31. The zero-order valence-corrected chi connectivity index (χ0v) is 13.1. The van der Waals surface area contributed by atoms with Crippen molar-refractivity contribution >= 4 is 11.6 Å². The van der Waals surface area contributed by atoms with Crippen molar-refractivity contribution in [2.75, 3.05) is 5.32 Å². The van der Waals surface area contributed by atoms with Crippen molar-refractivity contribution < 1.29 is 9.18 Å². The highest BCUT2D eigenvalue weighted by Crippen LogP contribution is 2.14. The van der Waals surface area contributed by atoms with Gasteiger partial charge in [-0.2, -0.15) is 10.1 Å². The number of nitrogens with one attached hydrogen (secondary N) is 1. The molecule has 1 heterocycles. The summed E-state index contributed by atoms with van der Waals surface area (Å²) in [5.41, 5.74) is 2.11. The maximum Gasteiger partial charge on any atom is 0.248 e. The van der Waals surface area contributed by atoms with E-state index in [1.54, 1.807) is 36.4 Å². The maximum atomic E-state index is 12.9. The molecule has 7 nitrogen and oxygen atoms in total. The smallest absolute Gasteiger partial charge is 0.248 e. The van der Waals surface area contributed by atoms with Crippen molar-refractivity contribution in [1.82, 2.24) is 20.2 Å². The molecule has 0 fully saturated rings. The standard InChI is InChI=1S/C17H13FN6O/c18-14-5-3-13(4-6-14)17-21-23-24(22-17)11-16(25)20-15-7-1-12(2-8-15)9-10-19/h1-8H,9,11H2,(H,20,25). The van der Waals surface area contributed by atoms with E-state index >= 15 is 0 Å². The zero-order chi connectivity index (χ0) is 17.6. The Morgan fingerprint density at radius 1 is 1.16 bits per heavy atom. The minimum atomic E-state index is -0.351. The van der Waals surface area contributed by atoms with Gasteiger partial charge in [0, 0.05) is 11.3 Å². The minimum Gasteiger partial charge on any atom is -0.324 e. The molecule has 0 aliphatic heterocycles. The van der Waals surface area contributed by atoms with Crippen LogP contribution >= 0.6 is 0 Å². The van der Waals surface area contributed by atoms with Gasteiger partial charge in [-0.05, 0) is 47.2 Å². The second-order valence-corrected chi connectivity index (χ2v) is 5.23. The summed E-state index contributed by atoms with van der Waals surface area (Å²) < 4.78 is 12.9. The van der Waals surface area contributed by atoms with Gasteiger partial charge in [-0.15, -0.1) is 10.2 Å². The molecular formula is C17H13FN6O. The van der Waals surface area contributed by atoms with Crippen molar-refractivity contribution in [3.63, 3.8) is 0 Å². The number of hydrogen-bond donors (Lipinski definition) is 1. The van der Waals surface area contributed by atoms with Gasteiger partial charge in [-0.3, -0.25) is 4.79 Å². The number of hydrogen-bond acceptors (Lipinski definition) is 5. The molecule has 0 aliphatic rings. The highest BCUT2D eigenvalue weighted by atomic mass is 19.1. The van der Waals surface area contributed by atoms with Crippen LogP contribution < -0.4 is 5.32 Å². The highest BCUT2D eigenvalue weighted by molar-refractivity contribution is 5.90. The molecule has 0 atom stereocenters. The predicted octanol–water partition coefficient (Wildman–Crippen LogP) is 2.18. The molecule has 25 heavy (non-hydrogen) atoms. The van der Waals surface area contributed by atoms with Crippen LogP contribution in [0.15, 0.2) is 48.5 Å². The van der Waals surface area contributed by atoms with Crippen LogP contribution in [0.4, 0.5) is 10.1 Å². The topological polar surface area (TPSA) is 96.5 Å². The zero-order valence-electron chi connectivity index (χ0n) is 13.1. The molecule has 0 unspecified atom stereocenters.